The quantitative estimate of drug-likeness (QED) is 0.356. The van der Waals surface area contributed by atoms with E-state index >= 15 is 0 Å². The lowest BCUT2D eigenvalue weighted by atomic mass is 10.2. The van der Waals surface area contributed by atoms with Gasteiger partial charge < -0.3 is 4.74 Å². The van der Waals surface area contributed by atoms with Gasteiger partial charge >= 0.3 is 5.97 Å². The number of ether oxygens (including phenoxy) is 1. The van der Waals surface area contributed by atoms with Crippen LogP contribution in [-0.2, 0) is 9.53 Å². The van der Waals surface area contributed by atoms with Gasteiger partial charge in [-0.05, 0) is 25.5 Å². The Balaban J connectivity index is 2.77. The van der Waals surface area contributed by atoms with E-state index in [0.717, 1.165) is 9.80 Å². The van der Waals surface area contributed by atoms with E-state index in [1.807, 2.05) is 18.2 Å². The molecule has 0 N–H and O–H groups in total. The summed E-state index contributed by atoms with van der Waals surface area (Å²) in [6.45, 7) is 4.26. The van der Waals surface area contributed by atoms with Crippen molar-refractivity contribution in [2.24, 2.45) is 0 Å². The molecule has 2 nitrogen and oxygen atoms in total. The Bertz CT molecular complexity index is 416. The molecule has 0 aromatic heterocycles. The van der Waals surface area contributed by atoms with Crippen molar-refractivity contribution in [2.75, 3.05) is 11.9 Å². The molecule has 0 unspecified atom stereocenters. The van der Waals surface area contributed by atoms with E-state index in [1.54, 1.807) is 18.7 Å². The molecule has 0 amide bonds. The Kier molecular flexibility index (Phi) is 6.37. The fraction of sp³-hybridized carbons (Fsp3) is 0.308. The number of hydrogen-bond acceptors (Lipinski definition) is 3. The van der Waals surface area contributed by atoms with Crippen molar-refractivity contribution >= 4 is 33.7 Å². The van der Waals surface area contributed by atoms with Crippen molar-refractivity contribution in [3.05, 3.63) is 40.8 Å². The van der Waals surface area contributed by atoms with Crippen LogP contribution in [0, 0.1) is 6.92 Å². The van der Waals surface area contributed by atoms with Crippen molar-refractivity contribution < 1.29 is 9.53 Å². The number of benzene rings is 1. The van der Waals surface area contributed by atoms with Gasteiger partial charge in [0.2, 0.25) is 0 Å². The maximum atomic E-state index is 11.4. The third-order valence-electron chi connectivity index (χ3n) is 2.03. The van der Waals surface area contributed by atoms with Crippen LogP contribution in [0.25, 0.3) is 0 Å². The molecule has 4 heteroatoms. The highest BCUT2D eigenvalue weighted by Crippen LogP contribution is 2.30. The van der Waals surface area contributed by atoms with E-state index in [9.17, 15) is 4.79 Å². The summed E-state index contributed by atoms with van der Waals surface area (Å²) >= 11 is 4.96. The molecule has 0 aliphatic carbocycles. The number of hydrogen-bond donors (Lipinski definition) is 0. The number of aryl methyl sites for hydroxylation is 1. The average molecular weight is 315 g/mol. The lowest BCUT2D eigenvalue weighted by molar-refractivity contribution is -0.137. The molecule has 1 rings (SSSR count). The highest BCUT2D eigenvalue weighted by molar-refractivity contribution is 9.09. The zero-order valence-electron chi connectivity index (χ0n) is 9.90. The molecule has 0 aliphatic heterocycles. The molecule has 17 heavy (non-hydrogen) atoms. The second kappa shape index (κ2) is 7.56. The van der Waals surface area contributed by atoms with Crippen molar-refractivity contribution in [1.82, 2.24) is 0 Å². The Labute approximate surface area is 115 Å². The molecule has 1 aromatic carbocycles. The molecule has 0 saturated heterocycles. The first-order valence-electron chi connectivity index (χ1n) is 5.34. The summed E-state index contributed by atoms with van der Waals surface area (Å²) in [4.78, 5) is 13.5. The normalized spacial score (nSPS) is 11.4. The Morgan fingerprint density at radius 2 is 2.18 bits per heavy atom. The maximum Gasteiger partial charge on any atom is 0.331 e. The minimum Gasteiger partial charge on any atom is -0.463 e. The minimum absolute atomic E-state index is 0.289. The number of carbonyl (C=O) groups excluding carboxylic acids is 1. The van der Waals surface area contributed by atoms with E-state index in [0.29, 0.717) is 11.9 Å². The molecule has 92 valence electrons. The van der Waals surface area contributed by atoms with Gasteiger partial charge in [0.1, 0.15) is 0 Å². The standard InChI is InChI=1S/C13H15BrO2S/c1-3-16-13(15)8-11(9-14)17-12-7-5-4-6-10(12)2/h4-8H,3,9H2,1-2H3/b11-8+. The van der Waals surface area contributed by atoms with E-state index in [2.05, 4.69) is 28.9 Å². The highest BCUT2D eigenvalue weighted by Gasteiger charge is 2.05. The molecule has 0 radical (unpaired) electrons. The minimum atomic E-state index is -0.289. The Hall–Kier alpha value is -0.740. The first-order chi connectivity index (χ1) is 8.17. The van der Waals surface area contributed by atoms with Crippen molar-refractivity contribution in [3.8, 4) is 0 Å². The van der Waals surface area contributed by atoms with Gasteiger partial charge in [-0.3, -0.25) is 0 Å². The monoisotopic (exact) mass is 314 g/mol. The zero-order valence-corrected chi connectivity index (χ0v) is 12.3. The molecule has 0 fully saturated rings. The molecular weight excluding hydrogens is 300 g/mol. The van der Waals surface area contributed by atoms with E-state index in [-0.39, 0.29) is 5.97 Å². The van der Waals surface area contributed by atoms with Gasteiger partial charge in [0.05, 0.1) is 6.61 Å². The molecule has 0 atom stereocenters. The fourth-order valence-electron chi connectivity index (χ4n) is 1.22. The number of esters is 1. The Morgan fingerprint density at radius 1 is 1.47 bits per heavy atom. The number of halogens is 1. The smallest absolute Gasteiger partial charge is 0.331 e. The summed E-state index contributed by atoms with van der Waals surface area (Å²) in [5.41, 5.74) is 1.20. The zero-order chi connectivity index (χ0) is 12.7. The first kappa shape index (κ1) is 14.3. The van der Waals surface area contributed by atoms with Gasteiger partial charge in [-0.25, -0.2) is 4.79 Å². The number of rotatable bonds is 5. The topological polar surface area (TPSA) is 26.3 Å². The van der Waals surface area contributed by atoms with Gasteiger partial charge in [0.25, 0.3) is 0 Å². The SMILES string of the molecule is CCOC(=O)/C=C(\CBr)Sc1ccccc1C. The van der Waals surface area contributed by atoms with Crippen LogP contribution in [0.3, 0.4) is 0 Å². The van der Waals surface area contributed by atoms with Crippen molar-refractivity contribution in [1.29, 1.82) is 0 Å². The molecular formula is C13H15BrO2S. The van der Waals surface area contributed by atoms with Crippen LogP contribution in [-0.4, -0.2) is 17.9 Å². The third-order valence-corrected chi connectivity index (χ3v) is 4.21. The lowest BCUT2D eigenvalue weighted by Gasteiger charge is -2.06. The van der Waals surface area contributed by atoms with E-state index < -0.39 is 0 Å². The number of carbonyl (C=O) groups is 1. The number of allylic oxidation sites excluding steroid dienone is 1. The summed E-state index contributed by atoms with van der Waals surface area (Å²) < 4.78 is 4.89. The van der Waals surface area contributed by atoms with Crippen LogP contribution in [0.4, 0.5) is 0 Å². The summed E-state index contributed by atoms with van der Waals surface area (Å²) in [6, 6.07) is 8.09. The maximum absolute atomic E-state index is 11.4. The first-order valence-corrected chi connectivity index (χ1v) is 7.28. The van der Waals surface area contributed by atoms with Crippen LogP contribution < -0.4 is 0 Å². The molecule has 0 spiro atoms. The van der Waals surface area contributed by atoms with Gasteiger partial charge in [-0.2, -0.15) is 0 Å². The second-order valence-corrected chi connectivity index (χ2v) is 5.09. The summed E-state index contributed by atoms with van der Waals surface area (Å²) in [6.07, 6.45) is 1.54. The average Bonchev–Trinajstić information content (AvgIpc) is 2.31. The van der Waals surface area contributed by atoms with Gasteiger partial charge in [0.15, 0.2) is 0 Å². The van der Waals surface area contributed by atoms with Crippen molar-refractivity contribution in [3.63, 3.8) is 0 Å². The molecule has 0 aliphatic rings. The van der Waals surface area contributed by atoms with Gasteiger partial charge in [-0.15, -0.1) is 0 Å². The van der Waals surface area contributed by atoms with Crippen LogP contribution in [0.5, 0.6) is 0 Å². The lowest BCUT2D eigenvalue weighted by Crippen LogP contribution is -2.00. The largest absolute Gasteiger partial charge is 0.463 e. The molecule has 1 aromatic rings. The molecule has 0 bridgehead atoms. The van der Waals surface area contributed by atoms with Gasteiger partial charge in [0, 0.05) is 21.2 Å². The fourth-order valence-corrected chi connectivity index (χ4v) is 2.60. The highest BCUT2D eigenvalue weighted by atomic mass is 79.9. The van der Waals surface area contributed by atoms with Crippen molar-refractivity contribution in [2.45, 2.75) is 18.7 Å². The predicted molar refractivity (Wildman–Crippen MR) is 75.5 cm³/mol. The number of thioether (sulfide) groups is 1. The summed E-state index contributed by atoms with van der Waals surface area (Å²) in [5.74, 6) is -0.289. The van der Waals surface area contributed by atoms with Gasteiger partial charge in [-0.1, -0.05) is 45.9 Å². The van der Waals surface area contributed by atoms with Crippen LogP contribution in [0.2, 0.25) is 0 Å². The Morgan fingerprint density at radius 3 is 2.76 bits per heavy atom. The van der Waals surface area contributed by atoms with Crippen LogP contribution in [0.1, 0.15) is 12.5 Å². The van der Waals surface area contributed by atoms with Crippen LogP contribution in [0.15, 0.2) is 40.1 Å². The molecule has 0 saturated carbocycles. The van der Waals surface area contributed by atoms with E-state index in [4.69, 9.17) is 4.74 Å². The third kappa shape index (κ3) is 4.96. The molecule has 0 heterocycles. The summed E-state index contributed by atoms with van der Waals surface area (Å²) in [7, 11) is 0. The number of alkyl halides is 1. The summed E-state index contributed by atoms with van der Waals surface area (Å²) in [5, 5.41) is 0.644. The second-order valence-electron chi connectivity index (χ2n) is 3.36. The van der Waals surface area contributed by atoms with E-state index in [1.165, 1.54) is 11.6 Å². The predicted octanol–water partition coefficient (Wildman–Crippen LogP) is 3.93. The van der Waals surface area contributed by atoms with Crippen LogP contribution >= 0.6 is 27.7 Å².